The van der Waals surface area contributed by atoms with E-state index in [4.69, 9.17) is 9.52 Å². The van der Waals surface area contributed by atoms with Crippen LogP contribution in [0.5, 0.6) is 0 Å². The largest absolute Gasteiger partial charge is 0.444 e. The third-order valence-electron chi connectivity index (χ3n) is 4.46. The normalized spacial score (nSPS) is 15.4. The SMILES string of the molecule is O=C(NCCc1coc(-c2ccc(F)cc2)n1)N1CCC(CO)CC1. The number of nitrogens with one attached hydrogen (secondary N) is 1. The van der Waals surface area contributed by atoms with Crippen LogP contribution in [0.15, 0.2) is 34.9 Å². The molecule has 0 saturated carbocycles. The van der Waals surface area contributed by atoms with Gasteiger partial charge in [0.2, 0.25) is 5.89 Å². The number of hydrogen-bond donors (Lipinski definition) is 2. The zero-order valence-electron chi connectivity index (χ0n) is 13.9. The molecule has 0 radical (unpaired) electrons. The van der Waals surface area contributed by atoms with Gasteiger partial charge in [0.1, 0.15) is 12.1 Å². The first-order valence-corrected chi connectivity index (χ1v) is 8.49. The van der Waals surface area contributed by atoms with Crippen molar-refractivity contribution in [3.05, 3.63) is 42.0 Å². The second kappa shape index (κ2) is 8.11. The second-order valence-electron chi connectivity index (χ2n) is 6.25. The van der Waals surface area contributed by atoms with Crippen LogP contribution in [0.1, 0.15) is 18.5 Å². The summed E-state index contributed by atoms with van der Waals surface area (Å²) in [7, 11) is 0. The van der Waals surface area contributed by atoms with Crippen LogP contribution in [0.4, 0.5) is 9.18 Å². The van der Waals surface area contributed by atoms with Crippen LogP contribution >= 0.6 is 0 Å². The first-order chi connectivity index (χ1) is 12.2. The highest BCUT2D eigenvalue weighted by Crippen LogP contribution is 2.19. The minimum absolute atomic E-state index is 0.0846. The fraction of sp³-hybridized carbons (Fsp3) is 0.444. The van der Waals surface area contributed by atoms with Gasteiger partial charge in [0.15, 0.2) is 0 Å². The molecule has 25 heavy (non-hydrogen) atoms. The maximum absolute atomic E-state index is 12.9. The molecule has 1 fully saturated rings. The molecule has 7 heteroatoms. The number of carbonyl (C=O) groups excluding carboxylic acids is 1. The van der Waals surface area contributed by atoms with Gasteiger partial charge in [-0.05, 0) is 43.0 Å². The Morgan fingerprint density at radius 3 is 2.72 bits per heavy atom. The molecule has 1 aliphatic heterocycles. The standard InChI is InChI=1S/C18H22FN3O3/c19-15-3-1-14(2-4-15)17-21-16(12-25-17)5-8-20-18(24)22-9-6-13(11-23)7-10-22/h1-4,12-13,23H,5-11H2,(H,20,24). The average molecular weight is 347 g/mol. The van der Waals surface area contributed by atoms with Crippen LogP contribution < -0.4 is 5.32 Å². The van der Waals surface area contributed by atoms with E-state index in [0.717, 1.165) is 18.5 Å². The lowest BCUT2D eigenvalue weighted by atomic mass is 9.98. The molecule has 1 aromatic carbocycles. The van der Waals surface area contributed by atoms with Gasteiger partial charge in [0, 0.05) is 38.2 Å². The number of hydrogen-bond acceptors (Lipinski definition) is 4. The van der Waals surface area contributed by atoms with Gasteiger partial charge < -0.3 is 19.7 Å². The molecular formula is C18H22FN3O3. The van der Waals surface area contributed by atoms with Gasteiger partial charge in [-0.3, -0.25) is 0 Å². The summed E-state index contributed by atoms with van der Waals surface area (Å²) < 4.78 is 18.3. The van der Waals surface area contributed by atoms with E-state index in [9.17, 15) is 9.18 Å². The number of nitrogens with zero attached hydrogens (tertiary/aromatic N) is 2. The van der Waals surface area contributed by atoms with Crippen molar-refractivity contribution in [1.29, 1.82) is 0 Å². The van der Waals surface area contributed by atoms with Gasteiger partial charge in [0.25, 0.3) is 0 Å². The number of carbonyl (C=O) groups is 1. The lowest BCUT2D eigenvalue weighted by Gasteiger charge is -2.31. The Kier molecular flexibility index (Phi) is 5.65. The first-order valence-electron chi connectivity index (χ1n) is 8.49. The van der Waals surface area contributed by atoms with Crippen molar-refractivity contribution in [2.75, 3.05) is 26.2 Å². The van der Waals surface area contributed by atoms with E-state index in [0.29, 0.717) is 43.4 Å². The predicted octanol–water partition coefficient (Wildman–Crippen LogP) is 2.44. The molecule has 134 valence electrons. The van der Waals surface area contributed by atoms with Crippen molar-refractivity contribution >= 4 is 6.03 Å². The summed E-state index contributed by atoms with van der Waals surface area (Å²) in [4.78, 5) is 18.3. The van der Waals surface area contributed by atoms with E-state index in [2.05, 4.69) is 10.3 Å². The van der Waals surface area contributed by atoms with E-state index in [-0.39, 0.29) is 18.5 Å². The van der Waals surface area contributed by atoms with Crippen LogP contribution in [0, 0.1) is 11.7 Å². The lowest BCUT2D eigenvalue weighted by molar-refractivity contribution is 0.137. The van der Waals surface area contributed by atoms with Gasteiger partial charge >= 0.3 is 6.03 Å². The van der Waals surface area contributed by atoms with E-state index in [1.807, 2.05) is 0 Å². The summed E-state index contributed by atoms with van der Waals surface area (Å²) in [6.45, 7) is 2.01. The number of oxazole rings is 1. The fourth-order valence-corrected chi connectivity index (χ4v) is 2.87. The van der Waals surface area contributed by atoms with E-state index in [1.165, 1.54) is 12.1 Å². The van der Waals surface area contributed by atoms with Crippen molar-refractivity contribution in [3.8, 4) is 11.5 Å². The second-order valence-corrected chi connectivity index (χ2v) is 6.25. The quantitative estimate of drug-likeness (QED) is 0.871. The molecule has 0 spiro atoms. The number of likely N-dealkylation sites (tertiary alicyclic amines) is 1. The number of urea groups is 1. The Bertz CT molecular complexity index is 694. The molecule has 0 unspecified atom stereocenters. The summed E-state index contributed by atoms with van der Waals surface area (Å²) in [5, 5.41) is 12.0. The molecule has 3 rings (SSSR count). The van der Waals surface area contributed by atoms with Gasteiger partial charge in [-0.2, -0.15) is 0 Å². The zero-order chi connectivity index (χ0) is 17.6. The molecule has 2 aromatic rings. The zero-order valence-corrected chi connectivity index (χ0v) is 13.9. The van der Waals surface area contributed by atoms with Gasteiger partial charge in [-0.25, -0.2) is 14.2 Å². The topological polar surface area (TPSA) is 78.6 Å². The van der Waals surface area contributed by atoms with Gasteiger partial charge in [0.05, 0.1) is 5.69 Å². The van der Waals surface area contributed by atoms with Gasteiger partial charge in [-0.1, -0.05) is 0 Å². The highest BCUT2D eigenvalue weighted by molar-refractivity contribution is 5.74. The van der Waals surface area contributed by atoms with E-state index in [1.54, 1.807) is 23.3 Å². The number of halogens is 1. The Morgan fingerprint density at radius 2 is 2.04 bits per heavy atom. The Balaban J connectivity index is 1.45. The van der Waals surface area contributed by atoms with Crippen molar-refractivity contribution in [1.82, 2.24) is 15.2 Å². The van der Waals surface area contributed by atoms with Crippen LogP contribution in [-0.2, 0) is 6.42 Å². The predicted molar refractivity (Wildman–Crippen MR) is 90.4 cm³/mol. The van der Waals surface area contributed by atoms with Gasteiger partial charge in [-0.15, -0.1) is 0 Å². The molecule has 2 heterocycles. The molecule has 0 aliphatic carbocycles. The number of aliphatic hydroxyl groups excluding tert-OH is 1. The molecular weight excluding hydrogens is 325 g/mol. The van der Waals surface area contributed by atoms with Crippen LogP contribution in [0.25, 0.3) is 11.5 Å². The smallest absolute Gasteiger partial charge is 0.317 e. The number of amides is 2. The maximum atomic E-state index is 12.9. The minimum atomic E-state index is -0.304. The van der Waals surface area contributed by atoms with Crippen molar-refractivity contribution in [3.63, 3.8) is 0 Å². The van der Waals surface area contributed by atoms with Crippen molar-refractivity contribution < 1.29 is 18.7 Å². The Hall–Kier alpha value is -2.41. The molecule has 0 bridgehead atoms. The molecule has 0 atom stereocenters. The number of aromatic nitrogens is 1. The van der Waals surface area contributed by atoms with Crippen LogP contribution in [0.3, 0.4) is 0 Å². The third-order valence-corrected chi connectivity index (χ3v) is 4.46. The van der Waals surface area contributed by atoms with Crippen LogP contribution in [0.2, 0.25) is 0 Å². The summed E-state index contributed by atoms with van der Waals surface area (Å²) >= 11 is 0. The summed E-state index contributed by atoms with van der Waals surface area (Å²) in [5.41, 5.74) is 1.45. The highest BCUT2D eigenvalue weighted by atomic mass is 19.1. The van der Waals surface area contributed by atoms with E-state index < -0.39 is 0 Å². The van der Waals surface area contributed by atoms with Crippen LogP contribution in [-0.4, -0.2) is 47.3 Å². The number of benzene rings is 1. The maximum Gasteiger partial charge on any atom is 0.317 e. The molecule has 2 N–H and O–H groups in total. The molecule has 1 aliphatic rings. The Morgan fingerprint density at radius 1 is 1.32 bits per heavy atom. The van der Waals surface area contributed by atoms with Crippen molar-refractivity contribution in [2.24, 2.45) is 5.92 Å². The number of aliphatic hydroxyl groups is 1. The summed E-state index contributed by atoms with van der Waals surface area (Å²) in [6, 6.07) is 5.86. The Labute approximate surface area is 145 Å². The number of piperidine rings is 1. The first kappa shape index (κ1) is 17.4. The molecule has 2 amide bonds. The minimum Gasteiger partial charge on any atom is -0.444 e. The summed E-state index contributed by atoms with van der Waals surface area (Å²) in [5.74, 6) is 0.442. The summed E-state index contributed by atoms with van der Waals surface area (Å²) in [6.07, 6.45) is 3.80. The lowest BCUT2D eigenvalue weighted by Crippen LogP contribution is -2.45. The monoisotopic (exact) mass is 347 g/mol. The van der Waals surface area contributed by atoms with E-state index >= 15 is 0 Å². The highest BCUT2D eigenvalue weighted by Gasteiger charge is 2.21. The average Bonchev–Trinajstić information content (AvgIpc) is 3.11. The molecule has 6 nitrogen and oxygen atoms in total. The number of rotatable bonds is 5. The van der Waals surface area contributed by atoms with Crippen molar-refractivity contribution in [2.45, 2.75) is 19.3 Å². The third kappa shape index (κ3) is 4.57. The molecule has 1 aromatic heterocycles. The molecule has 1 saturated heterocycles. The fourth-order valence-electron chi connectivity index (χ4n) is 2.87.